The lowest BCUT2D eigenvalue weighted by Gasteiger charge is -2.14. The van der Waals surface area contributed by atoms with E-state index in [1.807, 2.05) is 29.6 Å². The van der Waals surface area contributed by atoms with Crippen LogP contribution in [0.25, 0.3) is 6.08 Å². The molecule has 1 aromatic heterocycles. The Morgan fingerprint density at radius 3 is 2.61 bits per heavy atom. The summed E-state index contributed by atoms with van der Waals surface area (Å²) in [6, 6.07) is 10.4. The number of aliphatic carboxylic acids is 1. The number of thiophene rings is 1. The van der Waals surface area contributed by atoms with Crippen LogP contribution in [0.15, 0.2) is 47.9 Å². The van der Waals surface area contributed by atoms with Crippen LogP contribution < -0.4 is 10.1 Å². The average molecular weight is 331 g/mol. The Hall–Kier alpha value is -2.60. The highest BCUT2D eigenvalue weighted by Gasteiger charge is 2.17. The Kier molecular flexibility index (Phi) is 5.94. The number of ether oxygens (including phenoxy) is 1. The van der Waals surface area contributed by atoms with Gasteiger partial charge in [-0.2, -0.15) is 0 Å². The Balaban J connectivity index is 2.00. The number of nitrogens with one attached hydrogen (secondary N) is 1. The van der Waals surface area contributed by atoms with E-state index in [1.54, 1.807) is 25.3 Å². The zero-order chi connectivity index (χ0) is 16.7. The van der Waals surface area contributed by atoms with Crippen molar-refractivity contribution in [2.24, 2.45) is 0 Å². The number of rotatable bonds is 7. The highest BCUT2D eigenvalue weighted by molar-refractivity contribution is 7.10. The van der Waals surface area contributed by atoms with Crippen molar-refractivity contribution in [1.29, 1.82) is 0 Å². The minimum absolute atomic E-state index is 0.150. The zero-order valence-electron chi connectivity index (χ0n) is 12.6. The van der Waals surface area contributed by atoms with Gasteiger partial charge in [0.1, 0.15) is 5.75 Å². The molecule has 0 saturated carbocycles. The molecule has 0 bridgehead atoms. The van der Waals surface area contributed by atoms with E-state index in [2.05, 4.69) is 5.32 Å². The first-order valence-corrected chi connectivity index (χ1v) is 7.84. The quantitative estimate of drug-likeness (QED) is 0.765. The van der Waals surface area contributed by atoms with E-state index in [1.165, 1.54) is 17.4 Å². The van der Waals surface area contributed by atoms with Gasteiger partial charge in [-0.05, 0) is 35.2 Å². The molecule has 1 amide bonds. The molecule has 0 unspecified atom stereocenters. The van der Waals surface area contributed by atoms with Crippen LogP contribution in [0.4, 0.5) is 0 Å². The van der Waals surface area contributed by atoms with Gasteiger partial charge < -0.3 is 15.2 Å². The van der Waals surface area contributed by atoms with Crippen molar-refractivity contribution in [3.63, 3.8) is 0 Å². The van der Waals surface area contributed by atoms with Crippen molar-refractivity contribution in [3.8, 4) is 5.75 Å². The third kappa shape index (κ3) is 5.27. The highest BCUT2D eigenvalue weighted by Crippen LogP contribution is 2.22. The van der Waals surface area contributed by atoms with Crippen molar-refractivity contribution >= 4 is 29.3 Å². The molecule has 0 aliphatic rings. The fourth-order valence-electron chi connectivity index (χ4n) is 1.99. The van der Waals surface area contributed by atoms with Gasteiger partial charge in [0.15, 0.2) is 0 Å². The largest absolute Gasteiger partial charge is 0.497 e. The first-order chi connectivity index (χ1) is 11.1. The van der Waals surface area contributed by atoms with E-state index in [0.29, 0.717) is 0 Å². The van der Waals surface area contributed by atoms with Gasteiger partial charge in [-0.1, -0.05) is 18.2 Å². The number of hydrogen-bond donors (Lipinski definition) is 2. The maximum Gasteiger partial charge on any atom is 0.305 e. The van der Waals surface area contributed by atoms with Crippen molar-refractivity contribution in [2.75, 3.05) is 7.11 Å². The van der Waals surface area contributed by atoms with E-state index in [0.717, 1.165) is 16.2 Å². The lowest BCUT2D eigenvalue weighted by atomic mass is 10.1. The Morgan fingerprint density at radius 1 is 1.30 bits per heavy atom. The lowest BCUT2D eigenvalue weighted by molar-refractivity contribution is -0.137. The van der Waals surface area contributed by atoms with E-state index < -0.39 is 12.0 Å². The normalized spacial score (nSPS) is 12.0. The number of hydrogen-bond acceptors (Lipinski definition) is 4. The van der Waals surface area contributed by atoms with E-state index in [-0.39, 0.29) is 12.3 Å². The summed E-state index contributed by atoms with van der Waals surface area (Å²) in [6.07, 6.45) is 2.91. The fourth-order valence-corrected chi connectivity index (χ4v) is 2.77. The molecule has 0 radical (unpaired) electrons. The monoisotopic (exact) mass is 331 g/mol. The summed E-state index contributed by atoms with van der Waals surface area (Å²) >= 11 is 1.42. The molecule has 120 valence electrons. The summed E-state index contributed by atoms with van der Waals surface area (Å²) in [5.74, 6) is -0.547. The second-order valence-electron chi connectivity index (χ2n) is 4.78. The standard InChI is InChI=1S/C17H17NO4S/c1-22-13-7-4-12(5-8-13)6-9-16(19)18-14(11-17(20)21)15-3-2-10-23-15/h2-10,14H,11H2,1H3,(H,18,19)(H,20,21)/b9-6+/t14-/m1/s1. The second kappa shape index (κ2) is 8.14. The van der Waals surface area contributed by atoms with Gasteiger partial charge in [0.2, 0.25) is 5.91 Å². The highest BCUT2D eigenvalue weighted by atomic mass is 32.1. The molecule has 0 aliphatic heterocycles. The summed E-state index contributed by atoms with van der Waals surface area (Å²) in [5.41, 5.74) is 0.854. The first kappa shape index (κ1) is 16.8. The topological polar surface area (TPSA) is 75.6 Å². The summed E-state index contributed by atoms with van der Waals surface area (Å²) in [6.45, 7) is 0. The average Bonchev–Trinajstić information content (AvgIpc) is 3.07. The van der Waals surface area contributed by atoms with E-state index in [4.69, 9.17) is 9.84 Å². The molecular weight excluding hydrogens is 314 g/mol. The van der Waals surface area contributed by atoms with Gasteiger partial charge in [0.25, 0.3) is 0 Å². The molecule has 1 heterocycles. The number of carbonyl (C=O) groups is 2. The Bertz CT molecular complexity index is 677. The summed E-state index contributed by atoms with van der Waals surface area (Å²) in [5, 5.41) is 13.5. The molecule has 6 heteroatoms. The zero-order valence-corrected chi connectivity index (χ0v) is 13.4. The van der Waals surface area contributed by atoms with Crippen LogP contribution in [0.5, 0.6) is 5.75 Å². The lowest BCUT2D eigenvalue weighted by Crippen LogP contribution is -2.28. The predicted octanol–water partition coefficient (Wildman–Crippen LogP) is 3.10. The summed E-state index contributed by atoms with van der Waals surface area (Å²) < 4.78 is 5.07. The molecule has 0 spiro atoms. The van der Waals surface area contributed by atoms with Gasteiger partial charge in [-0.15, -0.1) is 11.3 Å². The minimum atomic E-state index is -0.956. The Labute approximate surface area is 138 Å². The molecule has 0 saturated heterocycles. The van der Waals surface area contributed by atoms with Gasteiger partial charge in [-0.25, -0.2) is 0 Å². The first-order valence-electron chi connectivity index (χ1n) is 6.96. The molecule has 1 aromatic carbocycles. The molecule has 2 rings (SSSR count). The van der Waals surface area contributed by atoms with Crippen LogP contribution in [0.2, 0.25) is 0 Å². The number of carboxylic acid groups (broad SMARTS) is 1. The number of methoxy groups -OCH3 is 1. The molecule has 2 N–H and O–H groups in total. The summed E-state index contributed by atoms with van der Waals surface area (Å²) in [4.78, 5) is 23.8. The minimum Gasteiger partial charge on any atom is -0.497 e. The van der Waals surface area contributed by atoms with Crippen LogP contribution in [0.3, 0.4) is 0 Å². The van der Waals surface area contributed by atoms with Crippen molar-refractivity contribution < 1.29 is 19.4 Å². The van der Waals surface area contributed by atoms with Gasteiger partial charge in [0.05, 0.1) is 19.6 Å². The number of amides is 1. The van der Waals surface area contributed by atoms with E-state index in [9.17, 15) is 9.59 Å². The predicted molar refractivity (Wildman–Crippen MR) is 89.5 cm³/mol. The SMILES string of the molecule is COc1ccc(/C=C/C(=O)N[C@H](CC(=O)O)c2cccs2)cc1. The van der Waals surface area contributed by atoms with Crippen LogP contribution in [0.1, 0.15) is 22.9 Å². The second-order valence-corrected chi connectivity index (χ2v) is 5.76. The molecule has 23 heavy (non-hydrogen) atoms. The molecule has 0 fully saturated rings. The van der Waals surface area contributed by atoms with Crippen molar-refractivity contribution in [3.05, 3.63) is 58.3 Å². The molecule has 0 aliphatic carbocycles. The van der Waals surface area contributed by atoms with Crippen molar-refractivity contribution in [1.82, 2.24) is 5.32 Å². The van der Waals surface area contributed by atoms with E-state index >= 15 is 0 Å². The number of carbonyl (C=O) groups excluding carboxylic acids is 1. The van der Waals surface area contributed by atoms with Crippen molar-refractivity contribution in [2.45, 2.75) is 12.5 Å². The fraction of sp³-hybridized carbons (Fsp3) is 0.176. The third-order valence-electron chi connectivity index (χ3n) is 3.12. The maximum absolute atomic E-state index is 12.0. The van der Waals surface area contributed by atoms with Crippen LogP contribution in [-0.4, -0.2) is 24.1 Å². The van der Waals surface area contributed by atoms with Gasteiger partial charge in [-0.3, -0.25) is 9.59 Å². The van der Waals surface area contributed by atoms with Gasteiger partial charge >= 0.3 is 5.97 Å². The molecule has 5 nitrogen and oxygen atoms in total. The number of benzene rings is 1. The van der Waals surface area contributed by atoms with Crippen LogP contribution in [-0.2, 0) is 9.59 Å². The number of carboxylic acids is 1. The Morgan fingerprint density at radius 2 is 2.04 bits per heavy atom. The smallest absolute Gasteiger partial charge is 0.305 e. The van der Waals surface area contributed by atoms with Crippen LogP contribution >= 0.6 is 11.3 Å². The van der Waals surface area contributed by atoms with Crippen LogP contribution in [0, 0.1) is 0 Å². The molecule has 1 atom stereocenters. The summed E-state index contributed by atoms with van der Waals surface area (Å²) in [7, 11) is 1.59. The molecular formula is C17H17NO4S. The van der Waals surface area contributed by atoms with Gasteiger partial charge in [0, 0.05) is 11.0 Å². The molecule has 2 aromatic rings. The maximum atomic E-state index is 12.0. The third-order valence-corrected chi connectivity index (χ3v) is 4.11.